The molecule has 0 amide bonds. The van der Waals surface area contributed by atoms with Crippen LogP contribution in [0, 0.1) is 5.92 Å². The van der Waals surface area contributed by atoms with Crippen LogP contribution in [0.2, 0.25) is 5.02 Å². The zero-order valence-electron chi connectivity index (χ0n) is 14.0. The SMILES string of the molecule is Clc1ccc(CN2C[C@H]3CC[C@@H]2[C@@H]3Nc2ccc3[nH]ncc3c2)cc1. The number of likely N-dealkylation sites (tertiary alicyclic amines) is 1. The monoisotopic (exact) mass is 352 g/mol. The number of aromatic amines is 1. The summed E-state index contributed by atoms with van der Waals surface area (Å²) >= 11 is 6.01. The fourth-order valence-electron chi connectivity index (χ4n) is 4.55. The number of nitrogens with one attached hydrogen (secondary N) is 2. The summed E-state index contributed by atoms with van der Waals surface area (Å²) in [6.45, 7) is 2.19. The van der Waals surface area contributed by atoms with Gasteiger partial charge in [-0.25, -0.2) is 0 Å². The number of halogens is 1. The van der Waals surface area contributed by atoms with Crippen molar-refractivity contribution in [2.45, 2.75) is 31.5 Å². The fraction of sp³-hybridized carbons (Fsp3) is 0.350. The summed E-state index contributed by atoms with van der Waals surface area (Å²) < 4.78 is 0. The van der Waals surface area contributed by atoms with Gasteiger partial charge in [0.05, 0.1) is 11.7 Å². The molecule has 5 heteroatoms. The van der Waals surface area contributed by atoms with Crippen LogP contribution in [-0.2, 0) is 6.54 Å². The van der Waals surface area contributed by atoms with E-state index in [2.05, 4.69) is 50.7 Å². The van der Waals surface area contributed by atoms with E-state index < -0.39 is 0 Å². The average molecular weight is 353 g/mol. The molecule has 3 atom stereocenters. The van der Waals surface area contributed by atoms with E-state index in [1.807, 2.05) is 18.3 Å². The van der Waals surface area contributed by atoms with Crippen molar-refractivity contribution in [3.63, 3.8) is 0 Å². The van der Waals surface area contributed by atoms with Gasteiger partial charge >= 0.3 is 0 Å². The van der Waals surface area contributed by atoms with Crippen LogP contribution in [0.15, 0.2) is 48.7 Å². The Balaban J connectivity index is 1.32. The van der Waals surface area contributed by atoms with Crippen molar-refractivity contribution in [1.82, 2.24) is 15.1 Å². The Morgan fingerprint density at radius 3 is 2.92 bits per heavy atom. The van der Waals surface area contributed by atoms with E-state index in [4.69, 9.17) is 11.6 Å². The predicted molar refractivity (Wildman–Crippen MR) is 102 cm³/mol. The number of benzene rings is 2. The van der Waals surface area contributed by atoms with Gasteiger partial charge in [0.2, 0.25) is 0 Å². The van der Waals surface area contributed by atoms with Crippen LogP contribution < -0.4 is 5.32 Å². The summed E-state index contributed by atoms with van der Waals surface area (Å²) in [7, 11) is 0. The van der Waals surface area contributed by atoms with Crippen molar-refractivity contribution in [1.29, 1.82) is 0 Å². The van der Waals surface area contributed by atoms with Crippen molar-refractivity contribution in [2.24, 2.45) is 5.92 Å². The average Bonchev–Trinajstić information content (AvgIpc) is 3.31. The first-order chi connectivity index (χ1) is 12.3. The molecule has 2 heterocycles. The molecule has 1 aliphatic carbocycles. The number of aromatic nitrogens is 2. The first-order valence-corrected chi connectivity index (χ1v) is 9.32. The van der Waals surface area contributed by atoms with Gasteiger partial charge in [-0.1, -0.05) is 23.7 Å². The third kappa shape index (κ3) is 2.79. The summed E-state index contributed by atoms with van der Waals surface area (Å²) in [5.74, 6) is 0.734. The summed E-state index contributed by atoms with van der Waals surface area (Å²) in [4.78, 5) is 2.63. The first kappa shape index (κ1) is 15.2. The van der Waals surface area contributed by atoms with Crippen LogP contribution in [-0.4, -0.2) is 33.7 Å². The van der Waals surface area contributed by atoms with Gasteiger partial charge in [0.1, 0.15) is 0 Å². The van der Waals surface area contributed by atoms with Gasteiger partial charge in [-0.15, -0.1) is 0 Å². The lowest BCUT2D eigenvalue weighted by molar-refractivity contribution is 0.204. The highest BCUT2D eigenvalue weighted by atomic mass is 35.5. The van der Waals surface area contributed by atoms with Crippen LogP contribution in [0.3, 0.4) is 0 Å². The van der Waals surface area contributed by atoms with Gasteiger partial charge in [0, 0.05) is 41.3 Å². The molecule has 2 fully saturated rings. The topological polar surface area (TPSA) is 44.0 Å². The minimum absolute atomic E-state index is 0.539. The van der Waals surface area contributed by atoms with Gasteiger partial charge in [-0.05, 0) is 54.7 Å². The predicted octanol–water partition coefficient (Wildman–Crippen LogP) is 4.29. The smallest absolute Gasteiger partial charge is 0.0651 e. The molecule has 25 heavy (non-hydrogen) atoms. The number of H-pyrrole nitrogens is 1. The van der Waals surface area contributed by atoms with Gasteiger partial charge in [0.25, 0.3) is 0 Å². The number of anilines is 1. The Labute approximate surface area is 152 Å². The Hall–Kier alpha value is -2.04. The maximum absolute atomic E-state index is 6.01. The number of hydrogen-bond acceptors (Lipinski definition) is 3. The molecule has 2 aromatic carbocycles. The number of hydrogen-bond donors (Lipinski definition) is 2. The highest BCUT2D eigenvalue weighted by Crippen LogP contribution is 2.40. The zero-order valence-corrected chi connectivity index (χ0v) is 14.7. The molecule has 0 spiro atoms. The van der Waals surface area contributed by atoms with Gasteiger partial charge in [0.15, 0.2) is 0 Å². The fourth-order valence-corrected chi connectivity index (χ4v) is 4.68. The number of nitrogens with zero attached hydrogens (tertiary/aromatic N) is 2. The Morgan fingerprint density at radius 2 is 2.04 bits per heavy atom. The molecular formula is C20H21ClN4. The molecular weight excluding hydrogens is 332 g/mol. The minimum Gasteiger partial charge on any atom is -0.380 e. The Morgan fingerprint density at radius 1 is 1.16 bits per heavy atom. The number of fused-ring (bicyclic) bond motifs is 3. The van der Waals surface area contributed by atoms with Gasteiger partial charge in [-0.3, -0.25) is 10.00 Å². The van der Waals surface area contributed by atoms with Gasteiger partial charge in [-0.2, -0.15) is 5.10 Å². The summed E-state index contributed by atoms with van der Waals surface area (Å²) in [6.07, 6.45) is 4.49. The van der Waals surface area contributed by atoms with E-state index in [9.17, 15) is 0 Å². The molecule has 2 N–H and O–H groups in total. The third-order valence-corrected chi connectivity index (χ3v) is 6.02. The summed E-state index contributed by atoms with van der Waals surface area (Å²) in [5.41, 5.74) is 3.63. The molecule has 0 radical (unpaired) electrons. The van der Waals surface area contributed by atoms with Crippen LogP contribution in [0.5, 0.6) is 0 Å². The van der Waals surface area contributed by atoms with E-state index in [0.29, 0.717) is 12.1 Å². The van der Waals surface area contributed by atoms with Crippen molar-refractivity contribution in [2.75, 3.05) is 11.9 Å². The van der Waals surface area contributed by atoms with Crippen molar-refractivity contribution >= 4 is 28.2 Å². The lowest BCUT2D eigenvalue weighted by atomic mass is 10.1. The standard InChI is InChI=1S/C20H21ClN4/c21-16-4-1-13(2-5-16)11-25-12-14-3-8-19(25)20(14)23-17-6-7-18-15(9-17)10-22-24-18/h1-2,4-7,9-10,14,19-20,23H,3,8,11-12H2,(H,22,24)/t14-,19-,20-/m1/s1. The molecule has 1 saturated heterocycles. The summed E-state index contributed by atoms with van der Waals surface area (Å²) in [6, 6.07) is 15.9. The Kier molecular flexibility index (Phi) is 3.68. The van der Waals surface area contributed by atoms with Crippen molar-refractivity contribution in [3.05, 3.63) is 59.2 Å². The molecule has 2 bridgehead atoms. The van der Waals surface area contributed by atoms with Crippen LogP contribution >= 0.6 is 11.6 Å². The van der Waals surface area contributed by atoms with E-state index in [0.717, 1.165) is 28.4 Å². The van der Waals surface area contributed by atoms with Crippen LogP contribution in [0.4, 0.5) is 5.69 Å². The van der Waals surface area contributed by atoms with E-state index in [1.165, 1.54) is 30.6 Å². The van der Waals surface area contributed by atoms with Crippen LogP contribution in [0.25, 0.3) is 10.9 Å². The molecule has 128 valence electrons. The second kappa shape index (κ2) is 6.04. The largest absolute Gasteiger partial charge is 0.380 e. The lowest BCUT2D eigenvalue weighted by Gasteiger charge is -2.27. The van der Waals surface area contributed by atoms with Crippen LogP contribution in [0.1, 0.15) is 18.4 Å². The molecule has 3 aromatic rings. The lowest BCUT2D eigenvalue weighted by Crippen LogP contribution is -2.36. The molecule has 0 unspecified atom stereocenters. The number of rotatable bonds is 4. The Bertz CT molecular complexity index is 888. The molecule has 1 aliphatic heterocycles. The molecule has 1 saturated carbocycles. The molecule has 2 aliphatic rings. The quantitative estimate of drug-likeness (QED) is 0.736. The zero-order chi connectivity index (χ0) is 16.8. The van der Waals surface area contributed by atoms with Gasteiger partial charge < -0.3 is 5.32 Å². The molecule has 1 aromatic heterocycles. The maximum Gasteiger partial charge on any atom is 0.0651 e. The van der Waals surface area contributed by atoms with E-state index in [1.54, 1.807) is 0 Å². The molecule has 4 nitrogen and oxygen atoms in total. The second-order valence-electron chi connectivity index (χ2n) is 7.30. The number of piperidine rings is 1. The first-order valence-electron chi connectivity index (χ1n) is 8.94. The van der Waals surface area contributed by atoms with Crippen molar-refractivity contribution < 1.29 is 0 Å². The minimum atomic E-state index is 0.539. The summed E-state index contributed by atoms with van der Waals surface area (Å²) in [5, 5.41) is 12.9. The second-order valence-corrected chi connectivity index (χ2v) is 7.74. The normalized spacial score (nSPS) is 25.7. The van der Waals surface area contributed by atoms with E-state index >= 15 is 0 Å². The third-order valence-electron chi connectivity index (χ3n) is 5.77. The highest BCUT2D eigenvalue weighted by Gasteiger charge is 2.46. The maximum atomic E-state index is 6.01. The van der Waals surface area contributed by atoms with Crippen molar-refractivity contribution in [3.8, 4) is 0 Å². The van der Waals surface area contributed by atoms with E-state index in [-0.39, 0.29) is 0 Å². The highest BCUT2D eigenvalue weighted by molar-refractivity contribution is 6.30. The molecule has 5 rings (SSSR count).